The Morgan fingerprint density at radius 2 is 2.14 bits per heavy atom. The quantitative estimate of drug-likeness (QED) is 0.469. The summed E-state index contributed by atoms with van der Waals surface area (Å²) in [5, 5.41) is 13.6. The van der Waals surface area contributed by atoms with E-state index in [4.69, 9.17) is 9.47 Å². The van der Waals surface area contributed by atoms with Gasteiger partial charge in [0.05, 0.1) is 11.5 Å². The summed E-state index contributed by atoms with van der Waals surface area (Å²) in [6.45, 7) is 5.37. The topological polar surface area (TPSA) is 90.7 Å². The van der Waals surface area contributed by atoms with E-state index >= 15 is 0 Å². The van der Waals surface area contributed by atoms with Crippen molar-refractivity contribution in [3.05, 3.63) is 33.9 Å². The van der Waals surface area contributed by atoms with E-state index in [1.165, 1.54) is 12.1 Å². The predicted octanol–water partition coefficient (Wildman–Crippen LogP) is 1.82. The molecule has 0 heterocycles. The second-order valence-electron chi connectivity index (χ2n) is 4.80. The highest BCUT2D eigenvalue weighted by Gasteiger charge is 2.34. The Balaban J connectivity index is 2.80. The molecular formula is C14H20N2O5. The number of rotatable bonds is 7. The molecule has 0 aliphatic rings. The van der Waals surface area contributed by atoms with Crippen LogP contribution in [0.15, 0.2) is 18.2 Å². The minimum atomic E-state index is -0.980. The van der Waals surface area contributed by atoms with Crippen molar-refractivity contribution in [2.24, 2.45) is 0 Å². The highest BCUT2D eigenvalue weighted by molar-refractivity contribution is 5.80. The Hall–Kier alpha value is -2.15. The van der Waals surface area contributed by atoms with Crippen LogP contribution in [0.5, 0.6) is 5.75 Å². The Morgan fingerprint density at radius 1 is 1.48 bits per heavy atom. The number of hydrogen-bond acceptors (Lipinski definition) is 6. The van der Waals surface area contributed by atoms with Gasteiger partial charge in [0.1, 0.15) is 17.9 Å². The number of nitrogens with one attached hydrogen (secondary N) is 1. The molecule has 1 unspecified atom stereocenters. The second kappa shape index (κ2) is 7.03. The van der Waals surface area contributed by atoms with Crippen LogP contribution in [0.25, 0.3) is 0 Å². The van der Waals surface area contributed by atoms with Gasteiger partial charge in [0.15, 0.2) is 0 Å². The van der Waals surface area contributed by atoms with Crippen molar-refractivity contribution < 1.29 is 19.2 Å². The van der Waals surface area contributed by atoms with Crippen molar-refractivity contribution in [1.82, 2.24) is 5.32 Å². The molecule has 0 saturated heterocycles. The standard InChI is InChI=1S/C14H20N2O5/c1-5-20-13(17)14(3,15-4)9-21-11-6-7-12(16(18)19)10(2)8-11/h6-8,15H,5,9H2,1-4H3. The molecule has 0 saturated carbocycles. The fourth-order valence-electron chi connectivity index (χ4n) is 1.67. The molecule has 7 nitrogen and oxygen atoms in total. The first-order valence-corrected chi connectivity index (χ1v) is 6.58. The van der Waals surface area contributed by atoms with E-state index in [0.29, 0.717) is 11.3 Å². The fraction of sp³-hybridized carbons (Fsp3) is 0.500. The molecule has 1 aromatic rings. The van der Waals surface area contributed by atoms with Gasteiger partial charge in [-0.2, -0.15) is 0 Å². The summed E-state index contributed by atoms with van der Waals surface area (Å²) in [6, 6.07) is 4.46. The smallest absolute Gasteiger partial charge is 0.329 e. The summed E-state index contributed by atoms with van der Waals surface area (Å²) in [7, 11) is 1.64. The molecule has 1 atom stereocenters. The number of nitro benzene ring substituents is 1. The predicted molar refractivity (Wildman–Crippen MR) is 77.4 cm³/mol. The highest BCUT2D eigenvalue weighted by Crippen LogP contribution is 2.23. The lowest BCUT2D eigenvalue weighted by atomic mass is 10.0. The molecule has 21 heavy (non-hydrogen) atoms. The maximum absolute atomic E-state index is 11.9. The molecule has 0 amide bonds. The number of esters is 1. The Morgan fingerprint density at radius 3 is 2.62 bits per heavy atom. The monoisotopic (exact) mass is 296 g/mol. The third-order valence-corrected chi connectivity index (χ3v) is 3.17. The van der Waals surface area contributed by atoms with Gasteiger partial charge in [-0.1, -0.05) is 0 Å². The number of benzene rings is 1. The summed E-state index contributed by atoms with van der Waals surface area (Å²) in [5.74, 6) is 0.0509. The average molecular weight is 296 g/mol. The Kier molecular flexibility index (Phi) is 5.66. The zero-order chi connectivity index (χ0) is 16.0. The van der Waals surface area contributed by atoms with E-state index in [1.807, 2.05) is 0 Å². The largest absolute Gasteiger partial charge is 0.491 e. The van der Waals surface area contributed by atoms with E-state index in [9.17, 15) is 14.9 Å². The molecule has 0 aliphatic heterocycles. The third kappa shape index (κ3) is 4.16. The molecule has 0 bridgehead atoms. The van der Waals surface area contributed by atoms with Crippen LogP contribution in [-0.2, 0) is 9.53 Å². The van der Waals surface area contributed by atoms with Crippen LogP contribution < -0.4 is 10.1 Å². The van der Waals surface area contributed by atoms with Gasteiger partial charge >= 0.3 is 5.97 Å². The summed E-state index contributed by atoms with van der Waals surface area (Å²) < 4.78 is 10.5. The summed E-state index contributed by atoms with van der Waals surface area (Å²) in [5.41, 5.74) is -0.449. The first kappa shape index (κ1) is 16.9. The fourth-order valence-corrected chi connectivity index (χ4v) is 1.67. The number of nitro groups is 1. The number of likely N-dealkylation sites (N-methyl/N-ethyl adjacent to an activating group) is 1. The Bertz CT molecular complexity index is 532. The summed E-state index contributed by atoms with van der Waals surface area (Å²) in [4.78, 5) is 22.2. The van der Waals surface area contributed by atoms with Crippen LogP contribution in [0, 0.1) is 17.0 Å². The molecule has 0 aromatic heterocycles. The van der Waals surface area contributed by atoms with E-state index < -0.39 is 16.4 Å². The summed E-state index contributed by atoms with van der Waals surface area (Å²) >= 11 is 0. The van der Waals surface area contributed by atoms with E-state index in [0.717, 1.165) is 0 Å². The first-order chi connectivity index (χ1) is 9.84. The zero-order valence-electron chi connectivity index (χ0n) is 12.6. The van der Waals surface area contributed by atoms with Crippen molar-refractivity contribution in [1.29, 1.82) is 0 Å². The van der Waals surface area contributed by atoms with E-state index in [1.54, 1.807) is 33.9 Å². The number of hydrogen-bond donors (Lipinski definition) is 1. The van der Waals surface area contributed by atoms with Crippen LogP contribution in [-0.4, -0.2) is 36.7 Å². The third-order valence-electron chi connectivity index (χ3n) is 3.17. The number of carbonyl (C=O) groups is 1. The summed E-state index contributed by atoms with van der Waals surface area (Å²) in [6.07, 6.45) is 0. The van der Waals surface area contributed by atoms with Crippen LogP contribution in [0.2, 0.25) is 0 Å². The number of aryl methyl sites for hydroxylation is 1. The van der Waals surface area contributed by atoms with Gasteiger partial charge in [-0.05, 0) is 40.0 Å². The molecule has 116 valence electrons. The normalized spacial score (nSPS) is 13.3. The number of ether oxygens (including phenoxy) is 2. The molecule has 1 aromatic carbocycles. The van der Waals surface area contributed by atoms with Crippen molar-refractivity contribution in [3.8, 4) is 5.75 Å². The van der Waals surface area contributed by atoms with Gasteiger partial charge in [0.25, 0.3) is 5.69 Å². The minimum Gasteiger partial charge on any atom is -0.491 e. The maximum atomic E-state index is 11.9. The van der Waals surface area contributed by atoms with Crippen LogP contribution in [0.4, 0.5) is 5.69 Å². The lowest BCUT2D eigenvalue weighted by Gasteiger charge is -2.26. The number of carbonyl (C=O) groups excluding carboxylic acids is 1. The van der Waals surface area contributed by atoms with Gasteiger partial charge in [0.2, 0.25) is 0 Å². The molecule has 0 spiro atoms. The zero-order valence-corrected chi connectivity index (χ0v) is 12.6. The molecule has 1 N–H and O–H groups in total. The molecule has 1 rings (SSSR count). The molecule has 0 radical (unpaired) electrons. The number of nitrogens with zero attached hydrogens (tertiary/aromatic N) is 1. The molecule has 0 aliphatic carbocycles. The molecule has 7 heteroatoms. The van der Waals surface area contributed by atoms with Crippen molar-refractivity contribution >= 4 is 11.7 Å². The Labute approximate surface area is 123 Å². The van der Waals surface area contributed by atoms with Gasteiger partial charge in [-0.15, -0.1) is 0 Å². The van der Waals surface area contributed by atoms with Gasteiger partial charge in [-0.3, -0.25) is 10.1 Å². The SMILES string of the molecule is CCOC(=O)C(C)(COc1ccc([N+](=O)[O-])c(C)c1)NC. The molecular weight excluding hydrogens is 276 g/mol. The van der Waals surface area contributed by atoms with Crippen molar-refractivity contribution in [2.45, 2.75) is 26.3 Å². The first-order valence-electron chi connectivity index (χ1n) is 6.58. The van der Waals surface area contributed by atoms with Gasteiger partial charge in [0, 0.05) is 11.6 Å². The minimum absolute atomic E-state index is 0.0316. The molecule has 0 fully saturated rings. The second-order valence-corrected chi connectivity index (χ2v) is 4.80. The van der Waals surface area contributed by atoms with E-state index in [2.05, 4.69) is 5.32 Å². The van der Waals surface area contributed by atoms with Crippen LogP contribution in [0.3, 0.4) is 0 Å². The van der Waals surface area contributed by atoms with E-state index in [-0.39, 0.29) is 18.9 Å². The van der Waals surface area contributed by atoms with Crippen molar-refractivity contribution in [3.63, 3.8) is 0 Å². The van der Waals surface area contributed by atoms with Crippen LogP contribution >= 0.6 is 0 Å². The van der Waals surface area contributed by atoms with Crippen molar-refractivity contribution in [2.75, 3.05) is 20.3 Å². The van der Waals surface area contributed by atoms with Gasteiger partial charge < -0.3 is 14.8 Å². The maximum Gasteiger partial charge on any atom is 0.329 e. The lowest BCUT2D eigenvalue weighted by Crippen LogP contribution is -2.53. The highest BCUT2D eigenvalue weighted by atomic mass is 16.6. The lowest BCUT2D eigenvalue weighted by molar-refractivity contribution is -0.385. The van der Waals surface area contributed by atoms with Gasteiger partial charge in [-0.25, -0.2) is 4.79 Å². The average Bonchev–Trinajstić information content (AvgIpc) is 2.44. The van der Waals surface area contributed by atoms with Crippen LogP contribution in [0.1, 0.15) is 19.4 Å².